The molecule has 3 N–H and O–H groups in total. The molecule has 1 saturated heterocycles. The molecule has 3 aromatic rings. The van der Waals surface area contributed by atoms with Crippen LogP contribution in [0.2, 0.25) is 0 Å². The van der Waals surface area contributed by atoms with Crippen LogP contribution in [-0.2, 0) is 11.2 Å². The molecule has 1 atom stereocenters. The lowest BCUT2D eigenvalue weighted by Crippen LogP contribution is -2.39. The summed E-state index contributed by atoms with van der Waals surface area (Å²) >= 11 is 0. The minimum absolute atomic E-state index is 0.0630. The molecule has 2 aromatic heterocycles. The van der Waals surface area contributed by atoms with Crippen molar-refractivity contribution >= 4 is 22.7 Å². The predicted octanol–water partition coefficient (Wildman–Crippen LogP) is 3.86. The Balaban J connectivity index is 1.30. The highest BCUT2D eigenvalue weighted by atomic mass is 16.2. The number of hydrogen-bond acceptors (Lipinski definition) is 3. The van der Waals surface area contributed by atoms with E-state index < -0.39 is 0 Å². The zero-order valence-electron chi connectivity index (χ0n) is 17.7. The van der Waals surface area contributed by atoms with Gasteiger partial charge in [-0.3, -0.25) is 14.7 Å². The van der Waals surface area contributed by atoms with E-state index in [-0.39, 0.29) is 23.9 Å². The highest BCUT2D eigenvalue weighted by Crippen LogP contribution is 2.31. The number of nitrogens with one attached hydrogen (secondary N) is 3. The van der Waals surface area contributed by atoms with Crippen LogP contribution in [0.4, 0.5) is 0 Å². The van der Waals surface area contributed by atoms with Crippen molar-refractivity contribution in [1.29, 1.82) is 0 Å². The number of fused-ring (bicyclic) bond motifs is 1. The van der Waals surface area contributed by atoms with E-state index in [0.717, 1.165) is 60.8 Å². The molecule has 162 valence electrons. The Morgan fingerprint density at radius 1 is 1.10 bits per heavy atom. The maximum Gasteiger partial charge on any atom is 0.271 e. The van der Waals surface area contributed by atoms with Crippen molar-refractivity contribution in [1.82, 2.24) is 25.4 Å². The lowest BCUT2D eigenvalue weighted by molar-refractivity contribution is -0.134. The summed E-state index contributed by atoms with van der Waals surface area (Å²) in [6.07, 6.45) is 9.67. The summed E-state index contributed by atoms with van der Waals surface area (Å²) in [5, 5.41) is 11.5. The van der Waals surface area contributed by atoms with Crippen molar-refractivity contribution in [3.63, 3.8) is 0 Å². The van der Waals surface area contributed by atoms with Gasteiger partial charge in [0, 0.05) is 29.7 Å². The Morgan fingerprint density at radius 2 is 1.90 bits per heavy atom. The van der Waals surface area contributed by atoms with Gasteiger partial charge in [0.25, 0.3) is 5.91 Å². The summed E-state index contributed by atoms with van der Waals surface area (Å²) in [7, 11) is 0. The molecule has 7 nitrogen and oxygen atoms in total. The summed E-state index contributed by atoms with van der Waals surface area (Å²) < 4.78 is 0. The third-order valence-corrected chi connectivity index (χ3v) is 6.72. The Bertz CT molecular complexity index is 1080. The number of piperidine rings is 1. The van der Waals surface area contributed by atoms with Gasteiger partial charge in [0.1, 0.15) is 5.69 Å². The van der Waals surface area contributed by atoms with Crippen LogP contribution < -0.4 is 5.32 Å². The second-order valence-electron chi connectivity index (χ2n) is 8.80. The van der Waals surface area contributed by atoms with Crippen LogP contribution in [0.1, 0.15) is 72.7 Å². The average molecular weight is 420 g/mol. The lowest BCUT2D eigenvalue weighted by atomic mass is 9.98. The number of aromatic nitrogens is 3. The number of para-hydroxylation sites is 1. The molecular weight excluding hydrogens is 390 g/mol. The molecule has 1 aromatic carbocycles. The van der Waals surface area contributed by atoms with E-state index in [2.05, 4.69) is 20.5 Å². The van der Waals surface area contributed by atoms with Crippen molar-refractivity contribution in [3.05, 3.63) is 53.5 Å². The largest absolute Gasteiger partial charge is 0.361 e. The molecule has 3 heterocycles. The molecule has 2 amide bonds. The molecule has 0 bridgehead atoms. The Hall–Kier alpha value is -3.09. The Kier molecular flexibility index (Phi) is 5.49. The second kappa shape index (κ2) is 8.57. The summed E-state index contributed by atoms with van der Waals surface area (Å²) in [5.74, 6) is -0.0112. The summed E-state index contributed by atoms with van der Waals surface area (Å²) in [4.78, 5) is 31.0. The fraction of sp³-hybridized carbons (Fsp3) is 0.458. The van der Waals surface area contributed by atoms with Gasteiger partial charge in [0.05, 0.1) is 18.2 Å². The van der Waals surface area contributed by atoms with E-state index in [0.29, 0.717) is 12.1 Å². The summed E-state index contributed by atoms with van der Waals surface area (Å²) in [6, 6.07) is 10.1. The first-order valence-electron chi connectivity index (χ1n) is 11.4. The second-order valence-corrected chi connectivity index (χ2v) is 8.80. The van der Waals surface area contributed by atoms with Crippen LogP contribution in [0.5, 0.6) is 0 Å². The SMILES string of the molecule is O=C(NC1CCCC1)c1cc([C@@H]2CCCCN2C(=O)Cc2c[nH]c3ccccc23)[nH]n1. The minimum Gasteiger partial charge on any atom is -0.361 e. The number of amides is 2. The molecular formula is C24H29N5O2. The molecule has 2 fully saturated rings. The number of hydrogen-bond donors (Lipinski definition) is 3. The van der Waals surface area contributed by atoms with Crippen molar-refractivity contribution < 1.29 is 9.59 Å². The number of aromatic amines is 2. The van der Waals surface area contributed by atoms with E-state index in [9.17, 15) is 9.59 Å². The van der Waals surface area contributed by atoms with Crippen LogP contribution in [0.3, 0.4) is 0 Å². The topological polar surface area (TPSA) is 93.9 Å². The molecule has 1 aliphatic heterocycles. The van der Waals surface area contributed by atoms with Crippen LogP contribution in [0.25, 0.3) is 10.9 Å². The molecule has 1 saturated carbocycles. The van der Waals surface area contributed by atoms with Crippen molar-refractivity contribution in [2.75, 3.05) is 6.54 Å². The molecule has 7 heteroatoms. The van der Waals surface area contributed by atoms with Gasteiger partial charge in [-0.1, -0.05) is 31.0 Å². The molecule has 1 aliphatic carbocycles. The Morgan fingerprint density at radius 3 is 2.77 bits per heavy atom. The summed E-state index contributed by atoms with van der Waals surface area (Å²) in [5.41, 5.74) is 3.33. The number of benzene rings is 1. The standard InChI is InChI=1S/C24H29N5O2/c30-23(13-16-15-25-19-10-4-3-9-18(16)19)29-12-6-5-11-22(29)20-14-21(28-27-20)24(31)26-17-7-1-2-8-17/h3-4,9-10,14-15,17,22,25H,1-2,5-8,11-13H2,(H,26,31)(H,27,28)/t22-/m0/s1. The van der Waals surface area contributed by atoms with Gasteiger partial charge < -0.3 is 15.2 Å². The molecule has 31 heavy (non-hydrogen) atoms. The van der Waals surface area contributed by atoms with E-state index in [1.807, 2.05) is 41.4 Å². The first-order chi connectivity index (χ1) is 15.2. The van der Waals surface area contributed by atoms with Gasteiger partial charge in [0.15, 0.2) is 0 Å². The lowest BCUT2D eigenvalue weighted by Gasteiger charge is -2.35. The zero-order chi connectivity index (χ0) is 21.2. The quantitative estimate of drug-likeness (QED) is 0.586. The molecule has 0 spiro atoms. The van der Waals surface area contributed by atoms with E-state index in [1.165, 1.54) is 12.8 Å². The first-order valence-corrected chi connectivity index (χ1v) is 11.4. The number of carbonyl (C=O) groups excluding carboxylic acids is 2. The zero-order valence-corrected chi connectivity index (χ0v) is 17.7. The number of H-pyrrole nitrogens is 2. The smallest absolute Gasteiger partial charge is 0.271 e. The van der Waals surface area contributed by atoms with Gasteiger partial charge in [-0.25, -0.2) is 0 Å². The van der Waals surface area contributed by atoms with E-state index >= 15 is 0 Å². The number of carbonyl (C=O) groups is 2. The highest BCUT2D eigenvalue weighted by molar-refractivity contribution is 5.92. The number of rotatable bonds is 5. The van der Waals surface area contributed by atoms with Crippen LogP contribution >= 0.6 is 0 Å². The minimum atomic E-state index is -0.123. The maximum absolute atomic E-state index is 13.3. The fourth-order valence-corrected chi connectivity index (χ4v) is 5.05. The maximum atomic E-state index is 13.3. The first kappa shape index (κ1) is 19.8. The third-order valence-electron chi connectivity index (χ3n) is 6.72. The number of nitrogens with zero attached hydrogens (tertiary/aromatic N) is 2. The average Bonchev–Trinajstić information content (AvgIpc) is 3.55. The third kappa shape index (κ3) is 4.09. The molecule has 2 aliphatic rings. The van der Waals surface area contributed by atoms with Crippen molar-refractivity contribution in [2.24, 2.45) is 0 Å². The summed E-state index contributed by atoms with van der Waals surface area (Å²) in [6.45, 7) is 0.731. The predicted molar refractivity (Wildman–Crippen MR) is 119 cm³/mol. The van der Waals surface area contributed by atoms with Gasteiger partial charge >= 0.3 is 0 Å². The van der Waals surface area contributed by atoms with Crippen LogP contribution in [-0.4, -0.2) is 44.5 Å². The van der Waals surface area contributed by atoms with Crippen molar-refractivity contribution in [2.45, 2.75) is 63.5 Å². The molecule has 5 rings (SSSR count). The fourth-order valence-electron chi connectivity index (χ4n) is 5.05. The highest BCUT2D eigenvalue weighted by Gasteiger charge is 2.30. The van der Waals surface area contributed by atoms with Crippen LogP contribution in [0.15, 0.2) is 36.5 Å². The van der Waals surface area contributed by atoms with Crippen molar-refractivity contribution in [3.8, 4) is 0 Å². The van der Waals surface area contributed by atoms with Gasteiger partial charge in [0.2, 0.25) is 5.91 Å². The van der Waals surface area contributed by atoms with Crippen LogP contribution in [0, 0.1) is 0 Å². The number of likely N-dealkylation sites (tertiary alicyclic amines) is 1. The monoisotopic (exact) mass is 419 g/mol. The Labute approximate surface area is 181 Å². The normalized spacial score (nSPS) is 19.7. The van der Waals surface area contributed by atoms with E-state index in [1.54, 1.807) is 0 Å². The van der Waals surface area contributed by atoms with E-state index in [4.69, 9.17) is 0 Å². The van der Waals surface area contributed by atoms with Gasteiger partial charge in [-0.15, -0.1) is 0 Å². The van der Waals surface area contributed by atoms with Gasteiger partial charge in [-0.2, -0.15) is 5.10 Å². The molecule has 0 unspecified atom stereocenters. The van der Waals surface area contributed by atoms with Gasteiger partial charge in [-0.05, 0) is 49.8 Å². The molecule has 0 radical (unpaired) electrons.